The van der Waals surface area contributed by atoms with Gasteiger partial charge in [-0.2, -0.15) is 0 Å². The lowest BCUT2D eigenvalue weighted by molar-refractivity contribution is -0.101. The molecular weight excluding hydrogens is 128 g/mol. The third-order valence-corrected chi connectivity index (χ3v) is 1.16. The number of hydrogen-bond acceptors (Lipinski definition) is 2. The Kier molecular flexibility index (Phi) is 6.55. The summed E-state index contributed by atoms with van der Waals surface area (Å²) in [6.45, 7) is 4.61. The second-order valence-electron chi connectivity index (χ2n) is 2.02. The van der Waals surface area contributed by atoms with Crippen molar-refractivity contribution in [2.24, 2.45) is 0 Å². The van der Waals surface area contributed by atoms with Gasteiger partial charge in [-0.3, -0.25) is 0 Å². The molecule has 0 N–H and O–H groups in total. The molecule has 0 aromatic rings. The van der Waals surface area contributed by atoms with Crippen molar-refractivity contribution < 1.29 is 9.47 Å². The number of hydrogen-bond donors (Lipinski definition) is 0. The van der Waals surface area contributed by atoms with Crippen molar-refractivity contribution in [2.45, 2.75) is 26.6 Å². The molecular formula is C8H16O2. The zero-order valence-corrected chi connectivity index (χ0v) is 6.96. The molecule has 0 rings (SSSR count). The molecule has 60 valence electrons. The first-order valence-electron chi connectivity index (χ1n) is 3.60. The van der Waals surface area contributed by atoms with Gasteiger partial charge in [0.2, 0.25) is 0 Å². The van der Waals surface area contributed by atoms with Crippen LogP contribution in [0.15, 0.2) is 12.2 Å². The van der Waals surface area contributed by atoms with Crippen molar-refractivity contribution in [1.29, 1.82) is 0 Å². The highest BCUT2D eigenvalue weighted by Gasteiger charge is 1.93. The molecule has 0 aromatic carbocycles. The maximum Gasteiger partial charge on any atom is 0.154 e. The molecule has 1 unspecified atom stereocenters. The highest BCUT2D eigenvalue weighted by atomic mass is 16.7. The summed E-state index contributed by atoms with van der Waals surface area (Å²) in [4.78, 5) is 0. The normalized spacial score (nSPS) is 14.3. The number of rotatable bonds is 5. The molecule has 1 atom stereocenters. The van der Waals surface area contributed by atoms with Crippen LogP contribution in [0, 0.1) is 0 Å². The summed E-state index contributed by atoms with van der Waals surface area (Å²) in [6, 6.07) is 0. The first-order valence-corrected chi connectivity index (χ1v) is 3.60. The fourth-order valence-electron chi connectivity index (χ4n) is 0.494. The zero-order valence-electron chi connectivity index (χ0n) is 6.96. The maximum atomic E-state index is 5.18. The van der Waals surface area contributed by atoms with Crippen LogP contribution in [-0.2, 0) is 9.47 Å². The minimum absolute atomic E-state index is 0.0958. The van der Waals surface area contributed by atoms with Crippen LogP contribution < -0.4 is 0 Å². The average Bonchev–Trinajstić information content (AvgIpc) is 1.98. The lowest BCUT2D eigenvalue weighted by Crippen LogP contribution is -2.09. The first kappa shape index (κ1) is 9.66. The Morgan fingerprint density at radius 2 is 2.10 bits per heavy atom. The van der Waals surface area contributed by atoms with Gasteiger partial charge in [0.25, 0.3) is 0 Å². The summed E-state index contributed by atoms with van der Waals surface area (Å²) in [5.41, 5.74) is 0. The van der Waals surface area contributed by atoms with Gasteiger partial charge in [0, 0.05) is 7.11 Å². The van der Waals surface area contributed by atoms with Gasteiger partial charge in [0.05, 0.1) is 6.61 Å². The molecule has 2 nitrogen and oxygen atoms in total. The first-order chi connectivity index (χ1) is 4.81. The fraction of sp³-hybridized carbons (Fsp3) is 0.750. The summed E-state index contributed by atoms with van der Waals surface area (Å²) in [5.74, 6) is 0. The molecule has 0 radical (unpaired) electrons. The summed E-state index contributed by atoms with van der Waals surface area (Å²) in [7, 11) is 1.63. The Morgan fingerprint density at radius 1 is 1.40 bits per heavy atom. The quantitative estimate of drug-likeness (QED) is 0.434. The highest BCUT2D eigenvalue weighted by Crippen LogP contribution is 1.90. The smallest absolute Gasteiger partial charge is 0.154 e. The van der Waals surface area contributed by atoms with E-state index in [9.17, 15) is 0 Å². The zero-order chi connectivity index (χ0) is 7.82. The molecule has 0 saturated heterocycles. The van der Waals surface area contributed by atoms with E-state index < -0.39 is 0 Å². The Balaban J connectivity index is 3.10. The largest absolute Gasteiger partial charge is 0.356 e. The van der Waals surface area contributed by atoms with Crippen LogP contribution in [0.5, 0.6) is 0 Å². The third-order valence-electron chi connectivity index (χ3n) is 1.16. The second kappa shape index (κ2) is 6.78. The Labute approximate surface area is 62.8 Å². The molecule has 0 heterocycles. The van der Waals surface area contributed by atoms with Gasteiger partial charge in [-0.1, -0.05) is 19.1 Å². The summed E-state index contributed by atoms with van der Waals surface area (Å²) < 4.78 is 10.1. The lowest BCUT2D eigenvalue weighted by Gasteiger charge is -2.07. The van der Waals surface area contributed by atoms with Crippen molar-refractivity contribution in [3.63, 3.8) is 0 Å². The molecule has 0 spiro atoms. The molecule has 10 heavy (non-hydrogen) atoms. The van der Waals surface area contributed by atoms with E-state index in [4.69, 9.17) is 9.47 Å². The van der Waals surface area contributed by atoms with E-state index in [2.05, 4.69) is 13.0 Å². The number of methoxy groups -OCH3 is 1. The monoisotopic (exact) mass is 144 g/mol. The van der Waals surface area contributed by atoms with E-state index in [0.29, 0.717) is 6.61 Å². The number of allylic oxidation sites excluding steroid dienone is 1. The molecule has 0 aliphatic carbocycles. The number of ether oxygens (including phenoxy) is 2. The Bertz CT molecular complexity index is 89.3. The highest BCUT2D eigenvalue weighted by molar-refractivity contribution is 4.79. The second-order valence-corrected chi connectivity index (χ2v) is 2.02. The van der Waals surface area contributed by atoms with Crippen LogP contribution in [0.2, 0.25) is 0 Å². The standard InChI is InChI=1S/C8H16O2/c1-4-5-6-7-10-8(2)9-3/h5-6,8H,4,7H2,1-3H3/b6-5+. The van der Waals surface area contributed by atoms with Crippen LogP contribution in [-0.4, -0.2) is 20.0 Å². The predicted octanol–water partition coefficient (Wildman–Crippen LogP) is 1.96. The molecule has 0 aliphatic heterocycles. The van der Waals surface area contributed by atoms with Crippen LogP contribution in [0.4, 0.5) is 0 Å². The van der Waals surface area contributed by atoms with E-state index in [-0.39, 0.29) is 6.29 Å². The van der Waals surface area contributed by atoms with E-state index in [1.165, 1.54) is 0 Å². The van der Waals surface area contributed by atoms with Gasteiger partial charge in [-0.25, -0.2) is 0 Å². The van der Waals surface area contributed by atoms with E-state index >= 15 is 0 Å². The molecule has 0 saturated carbocycles. The van der Waals surface area contributed by atoms with Crippen molar-refractivity contribution in [3.05, 3.63) is 12.2 Å². The molecule has 0 aromatic heterocycles. The summed E-state index contributed by atoms with van der Waals surface area (Å²) in [6.07, 6.45) is 5.03. The van der Waals surface area contributed by atoms with Crippen molar-refractivity contribution in [3.8, 4) is 0 Å². The average molecular weight is 144 g/mol. The van der Waals surface area contributed by atoms with Gasteiger partial charge < -0.3 is 9.47 Å². The van der Waals surface area contributed by atoms with Gasteiger partial charge in [-0.05, 0) is 13.3 Å². The van der Waals surface area contributed by atoms with Gasteiger partial charge in [0.1, 0.15) is 0 Å². The third kappa shape index (κ3) is 5.79. The lowest BCUT2D eigenvalue weighted by atomic mass is 10.4. The SMILES string of the molecule is CC/C=C/COC(C)OC. The van der Waals surface area contributed by atoms with E-state index in [1.807, 2.05) is 13.0 Å². The predicted molar refractivity (Wildman–Crippen MR) is 41.9 cm³/mol. The summed E-state index contributed by atoms with van der Waals surface area (Å²) >= 11 is 0. The fourth-order valence-corrected chi connectivity index (χ4v) is 0.494. The van der Waals surface area contributed by atoms with Gasteiger partial charge >= 0.3 is 0 Å². The van der Waals surface area contributed by atoms with Gasteiger partial charge in [0.15, 0.2) is 6.29 Å². The van der Waals surface area contributed by atoms with Crippen LogP contribution in [0.25, 0.3) is 0 Å². The summed E-state index contributed by atoms with van der Waals surface area (Å²) in [5, 5.41) is 0. The van der Waals surface area contributed by atoms with E-state index in [1.54, 1.807) is 7.11 Å². The topological polar surface area (TPSA) is 18.5 Å². The molecule has 0 aliphatic rings. The maximum absolute atomic E-state index is 5.18. The van der Waals surface area contributed by atoms with E-state index in [0.717, 1.165) is 6.42 Å². The van der Waals surface area contributed by atoms with Crippen molar-refractivity contribution in [2.75, 3.05) is 13.7 Å². The van der Waals surface area contributed by atoms with Crippen LogP contribution in [0.1, 0.15) is 20.3 Å². The Morgan fingerprint density at radius 3 is 2.60 bits per heavy atom. The van der Waals surface area contributed by atoms with Crippen LogP contribution in [0.3, 0.4) is 0 Å². The minimum atomic E-state index is -0.0958. The molecule has 0 fully saturated rings. The van der Waals surface area contributed by atoms with Crippen molar-refractivity contribution >= 4 is 0 Å². The van der Waals surface area contributed by atoms with Crippen molar-refractivity contribution in [1.82, 2.24) is 0 Å². The molecule has 0 amide bonds. The Hall–Kier alpha value is -0.340. The minimum Gasteiger partial charge on any atom is -0.356 e. The molecule has 2 heteroatoms. The van der Waals surface area contributed by atoms with Crippen LogP contribution >= 0.6 is 0 Å². The molecule has 0 bridgehead atoms. The van der Waals surface area contributed by atoms with Gasteiger partial charge in [-0.15, -0.1) is 0 Å².